The van der Waals surface area contributed by atoms with E-state index < -0.39 is 17.5 Å². The van der Waals surface area contributed by atoms with E-state index in [1.807, 2.05) is 24.3 Å². The van der Waals surface area contributed by atoms with E-state index in [1.54, 1.807) is 0 Å². The number of benzene rings is 1. The smallest absolute Gasteiger partial charge is 0.344 e. The highest BCUT2D eigenvalue weighted by Crippen LogP contribution is 2.64. The second-order valence-corrected chi connectivity index (χ2v) is 15.1. The predicted octanol–water partition coefficient (Wildman–Crippen LogP) is 7.95. The van der Waals surface area contributed by atoms with Crippen molar-refractivity contribution >= 4 is 11.9 Å². The highest BCUT2D eigenvalue weighted by atomic mass is 16.6. The highest BCUT2D eigenvalue weighted by Gasteiger charge is 2.58. The molecular formula is C32H48O4. The molecule has 0 spiro atoms. The van der Waals surface area contributed by atoms with Crippen molar-refractivity contribution in [1.82, 2.24) is 0 Å². The van der Waals surface area contributed by atoms with E-state index in [2.05, 4.69) is 55.4 Å². The first-order chi connectivity index (χ1) is 16.6. The summed E-state index contributed by atoms with van der Waals surface area (Å²) in [5.41, 5.74) is 1.56. The molecule has 4 bridgehead atoms. The fourth-order valence-corrected chi connectivity index (χ4v) is 7.87. The Morgan fingerprint density at radius 3 is 1.81 bits per heavy atom. The van der Waals surface area contributed by atoms with Crippen molar-refractivity contribution in [1.29, 1.82) is 0 Å². The number of hydrogen-bond acceptors (Lipinski definition) is 4. The molecule has 4 aliphatic rings. The van der Waals surface area contributed by atoms with Crippen molar-refractivity contribution in [2.75, 3.05) is 6.61 Å². The van der Waals surface area contributed by atoms with Crippen LogP contribution in [0.1, 0.15) is 122 Å². The molecule has 4 nitrogen and oxygen atoms in total. The largest absolute Gasteiger partial charge is 0.457 e. The van der Waals surface area contributed by atoms with Gasteiger partial charge in [0.25, 0.3) is 0 Å². The summed E-state index contributed by atoms with van der Waals surface area (Å²) in [4.78, 5) is 25.5. The first-order valence-corrected chi connectivity index (χ1v) is 14.1. The lowest BCUT2D eigenvalue weighted by atomic mass is 9.46. The Bertz CT molecular complexity index is 922. The van der Waals surface area contributed by atoms with Gasteiger partial charge in [0.05, 0.1) is 5.56 Å². The van der Waals surface area contributed by atoms with Crippen LogP contribution in [0.4, 0.5) is 0 Å². The molecule has 0 amide bonds. The van der Waals surface area contributed by atoms with Crippen molar-refractivity contribution in [2.45, 2.75) is 112 Å². The SMILES string of the molecule is CC(C)(C)CC(c1ccc(C(=O)OCC(=O)OC(C)(C)C23CC4CC(CC(C4)C2)C3)cc1)C(C)(C)C. The third-order valence-electron chi connectivity index (χ3n) is 9.42. The molecule has 36 heavy (non-hydrogen) atoms. The molecule has 0 aliphatic heterocycles. The molecule has 1 atom stereocenters. The van der Waals surface area contributed by atoms with Gasteiger partial charge in [0, 0.05) is 5.41 Å². The Labute approximate surface area is 218 Å². The molecule has 4 fully saturated rings. The molecule has 0 saturated heterocycles. The summed E-state index contributed by atoms with van der Waals surface area (Å²) in [6, 6.07) is 7.72. The van der Waals surface area contributed by atoms with E-state index in [-0.39, 0.29) is 22.9 Å². The summed E-state index contributed by atoms with van der Waals surface area (Å²) in [6.07, 6.45) is 8.61. The number of hydrogen-bond donors (Lipinski definition) is 0. The maximum Gasteiger partial charge on any atom is 0.344 e. The van der Waals surface area contributed by atoms with E-state index in [0.29, 0.717) is 11.5 Å². The van der Waals surface area contributed by atoms with Gasteiger partial charge < -0.3 is 9.47 Å². The lowest BCUT2D eigenvalue weighted by Crippen LogP contribution is -2.57. The topological polar surface area (TPSA) is 52.6 Å². The van der Waals surface area contributed by atoms with Gasteiger partial charge >= 0.3 is 11.9 Å². The molecule has 1 unspecified atom stereocenters. The number of rotatable bonds is 7. The summed E-state index contributed by atoms with van der Waals surface area (Å²) >= 11 is 0. The van der Waals surface area contributed by atoms with Crippen LogP contribution >= 0.6 is 0 Å². The van der Waals surface area contributed by atoms with Crippen LogP contribution in [0.25, 0.3) is 0 Å². The van der Waals surface area contributed by atoms with Gasteiger partial charge in [0.1, 0.15) is 5.60 Å². The van der Waals surface area contributed by atoms with Crippen molar-refractivity contribution in [2.24, 2.45) is 34.0 Å². The quantitative estimate of drug-likeness (QED) is 0.359. The fourth-order valence-electron chi connectivity index (χ4n) is 7.87. The number of ether oxygens (including phenoxy) is 2. The Kier molecular flexibility index (Phi) is 7.16. The van der Waals surface area contributed by atoms with Gasteiger partial charge in [-0.3, -0.25) is 0 Å². The van der Waals surface area contributed by atoms with Crippen molar-refractivity contribution in [3.05, 3.63) is 35.4 Å². The number of esters is 2. The molecule has 0 N–H and O–H groups in total. The summed E-state index contributed by atoms with van der Waals surface area (Å²) in [7, 11) is 0. The molecule has 4 aliphatic carbocycles. The van der Waals surface area contributed by atoms with Crippen LogP contribution in [-0.4, -0.2) is 24.1 Å². The molecule has 4 heteroatoms. The fraction of sp³-hybridized carbons (Fsp3) is 0.750. The van der Waals surface area contributed by atoms with Crippen molar-refractivity contribution < 1.29 is 19.1 Å². The Hall–Kier alpha value is -1.84. The van der Waals surface area contributed by atoms with E-state index in [0.717, 1.165) is 43.4 Å². The van der Waals surface area contributed by atoms with Gasteiger partial charge in [-0.15, -0.1) is 0 Å². The lowest BCUT2D eigenvalue weighted by molar-refractivity contribution is -0.200. The maximum absolute atomic E-state index is 12.8. The lowest BCUT2D eigenvalue weighted by Gasteiger charge is -2.61. The molecule has 1 aromatic rings. The molecule has 200 valence electrons. The Morgan fingerprint density at radius 1 is 0.861 bits per heavy atom. The van der Waals surface area contributed by atoms with Crippen molar-refractivity contribution in [3.63, 3.8) is 0 Å². The summed E-state index contributed by atoms with van der Waals surface area (Å²) in [5.74, 6) is 1.82. The van der Waals surface area contributed by atoms with Crippen LogP contribution < -0.4 is 0 Å². The van der Waals surface area contributed by atoms with E-state index >= 15 is 0 Å². The summed E-state index contributed by atoms with van der Waals surface area (Å²) in [5, 5.41) is 0. The third-order valence-corrected chi connectivity index (χ3v) is 9.42. The van der Waals surface area contributed by atoms with Gasteiger partial charge in [0.15, 0.2) is 6.61 Å². The van der Waals surface area contributed by atoms with Crippen LogP contribution in [0.3, 0.4) is 0 Å². The second-order valence-electron chi connectivity index (χ2n) is 15.1. The standard InChI is InChI=1S/C32H48O4/c1-29(2,3)19-26(30(4,5)6)24-9-11-25(12-10-24)28(34)35-20-27(33)36-31(7,8)32-16-21-13-22(17-32)15-23(14-21)18-32/h9-12,21-23,26H,13-20H2,1-8H3. The molecule has 1 aromatic carbocycles. The zero-order valence-electron chi connectivity index (χ0n) is 23.9. The minimum Gasteiger partial charge on any atom is -0.457 e. The average Bonchev–Trinajstić information content (AvgIpc) is 2.73. The monoisotopic (exact) mass is 496 g/mol. The Morgan fingerprint density at radius 2 is 1.36 bits per heavy atom. The molecule has 0 aromatic heterocycles. The normalized spacial score (nSPS) is 28.6. The van der Waals surface area contributed by atoms with Crippen LogP contribution in [0, 0.1) is 34.0 Å². The third kappa shape index (κ3) is 5.83. The zero-order valence-corrected chi connectivity index (χ0v) is 23.9. The second kappa shape index (κ2) is 9.48. The minimum absolute atomic E-state index is 0.0773. The van der Waals surface area contributed by atoms with Crippen LogP contribution in [0.2, 0.25) is 0 Å². The van der Waals surface area contributed by atoms with Crippen LogP contribution in [0.5, 0.6) is 0 Å². The predicted molar refractivity (Wildman–Crippen MR) is 144 cm³/mol. The molecule has 4 saturated carbocycles. The molecule has 0 heterocycles. The number of carbonyl (C=O) groups excluding carboxylic acids is 2. The zero-order chi connectivity index (χ0) is 26.5. The molecule has 0 radical (unpaired) electrons. The van der Waals surface area contributed by atoms with Crippen molar-refractivity contribution in [3.8, 4) is 0 Å². The van der Waals surface area contributed by atoms with E-state index in [4.69, 9.17) is 9.47 Å². The van der Waals surface area contributed by atoms with Gasteiger partial charge in [-0.05, 0) is 111 Å². The molecule has 5 rings (SSSR count). The Balaban J connectivity index is 1.34. The van der Waals surface area contributed by atoms with E-state index in [9.17, 15) is 9.59 Å². The molecular weight excluding hydrogens is 448 g/mol. The highest BCUT2D eigenvalue weighted by molar-refractivity contribution is 5.90. The van der Waals surface area contributed by atoms with Crippen LogP contribution in [-0.2, 0) is 14.3 Å². The minimum atomic E-state index is -0.539. The van der Waals surface area contributed by atoms with E-state index in [1.165, 1.54) is 24.8 Å². The van der Waals surface area contributed by atoms with Gasteiger partial charge in [0.2, 0.25) is 0 Å². The summed E-state index contributed by atoms with van der Waals surface area (Å²) in [6.45, 7) is 17.4. The van der Waals surface area contributed by atoms with Gasteiger partial charge in [-0.25, -0.2) is 9.59 Å². The average molecular weight is 497 g/mol. The number of carbonyl (C=O) groups is 2. The van der Waals surface area contributed by atoms with Gasteiger partial charge in [-0.1, -0.05) is 53.7 Å². The maximum atomic E-state index is 12.8. The summed E-state index contributed by atoms with van der Waals surface area (Å²) < 4.78 is 11.4. The van der Waals surface area contributed by atoms with Gasteiger partial charge in [-0.2, -0.15) is 0 Å². The van der Waals surface area contributed by atoms with Crippen LogP contribution in [0.15, 0.2) is 24.3 Å². The first kappa shape index (κ1) is 27.2. The first-order valence-electron chi connectivity index (χ1n) is 14.1.